The van der Waals surface area contributed by atoms with Crippen molar-refractivity contribution in [2.24, 2.45) is 5.41 Å². The zero-order chi connectivity index (χ0) is 19.3. The first-order valence-corrected chi connectivity index (χ1v) is 9.48. The van der Waals surface area contributed by atoms with Crippen LogP contribution in [0.1, 0.15) is 77.9 Å². The average molecular weight is 365 g/mol. The Balaban J connectivity index is 1.98. The van der Waals surface area contributed by atoms with Gasteiger partial charge in [-0.25, -0.2) is 0 Å². The van der Waals surface area contributed by atoms with E-state index < -0.39 is 23.5 Å². The van der Waals surface area contributed by atoms with E-state index in [-0.39, 0.29) is 5.91 Å². The molecule has 2 atom stereocenters. The normalized spacial score (nSPS) is 17.7. The van der Waals surface area contributed by atoms with E-state index in [2.05, 4.69) is 15.8 Å². The molecule has 1 fully saturated rings. The summed E-state index contributed by atoms with van der Waals surface area (Å²) in [5.74, 6) is 0.646. The molecule has 1 heterocycles. The summed E-state index contributed by atoms with van der Waals surface area (Å²) in [5, 5.41) is 19.4. The maximum Gasteiger partial charge on any atom is 0.250 e. The number of aromatic nitrogens is 1. The van der Waals surface area contributed by atoms with E-state index in [1.807, 2.05) is 6.92 Å². The molecule has 26 heavy (non-hydrogen) atoms. The van der Waals surface area contributed by atoms with E-state index in [1.54, 1.807) is 26.8 Å². The first kappa shape index (κ1) is 20.4. The summed E-state index contributed by atoms with van der Waals surface area (Å²) in [4.78, 5) is 24.8. The number of carbonyl (C=O) groups excluding carboxylic acids is 2. The first-order chi connectivity index (χ1) is 12.2. The molecule has 0 aliphatic heterocycles. The molecule has 2 amide bonds. The van der Waals surface area contributed by atoms with Gasteiger partial charge in [0.2, 0.25) is 11.8 Å². The molecule has 7 nitrogen and oxygen atoms in total. The van der Waals surface area contributed by atoms with Crippen LogP contribution in [0.2, 0.25) is 0 Å². The monoisotopic (exact) mass is 365 g/mol. The molecule has 3 N–H and O–H groups in total. The minimum Gasteiger partial charge on any atom is -0.383 e. The predicted molar refractivity (Wildman–Crippen MR) is 98.6 cm³/mol. The molecule has 1 aliphatic carbocycles. The van der Waals surface area contributed by atoms with E-state index in [4.69, 9.17) is 4.52 Å². The molecule has 0 radical (unpaired) electrons. The maximum absolute atomic E-state index is 12.6. The van der Waals surface area contributed by atoms with Gasteiger partial charge < -0.3 is 20.3 Å². The van der Waals surface area contributed by atoms with Gasteiger partial charge in [-0.15, -0.1) is 0 Å². The summed E-state index contributed by atoms with van der Waals surface area (Å²) in [7, 11) is 0. The Labute approximate surface area is 154 Å². The number of carbonyl (C=O) groups is 2. The molecule has 1 aliphatic rings. The van der Waals surface area contributed by atoms with E-state index in [0.29, 0.717) is 18.2 Å². The van der Waals surface area contributed by atoms with Crippen LogP contribution in [0.15, 0.2) is 10.6 Å². The van der Waals surface area contributed by atoms with Gasteiger partial charge in [0.1, 0.15) is 17.9 Å². The van der Waals surface area contributed by atoms with Crippen LogP contribution in [0.4, 0.5) is 5.82 Å². The van der Waals surface area contributed by atoms with Gasteiger partial charge in [-0.3, -0.25) is 9.59 Å². The number of rotatable bonds is 7. The second-order valence-electron chi connectivity index (χ2n) is 8.20. The Kier molecular flexibility index (Phi) is 6.81. The van der Waals surface area contributed by atoms with Gasteiger partial charge in [0.15, 0.2) is 5.82 Å². The van der Waals surface area contributed by atoms with Crippen molar-refractivity contribution in [3.8, 4) is 0 Å². The number of anilines is 1. The Bertz CT molecular complexity index is 615. The van der Waals surface area contributed by atoms with Crippen LogP contribution < -0.4 is 10.6 Å². The molecule has 0 saturated heterocycles. The van der Waals surface area contributed by atoms with E-state index >= 15 is 0 Å². The molecule has 0 aromatic carbocycles. The summed E-state index contributed by atoms with van der Waals surface area (Å²) >= 11 is 0. The molecule has 0 bridgehead atoms. The van der Waals surface area contributed by atoms with Crippen LogP contribution in [-0.2, 0) is 9.59 Å². The van der Waals surface area contributed by atoms with Crippen LogP contribution in [0, 0.1) is 5.41 Å². The number of amides is 2. The Morgan fingerprint density at radius 1 is 1.31 bits per heavy atom. The lowest BCUT2D eigenvalue weighted by molar-refractivity contribution is -0.137. The molecule has 2 unspecified atom stereocenters. The van der Waals surface area contributed by atoms with Gasteiger partial charge in [-0.1, -0.05) is 52.1 Å². The number of nitrogens with zero attached hydrogens (tertiary/aromatic N) is 1. The first-order valence-electron chi connectivity index (χ1n) is 9.48. The third-order valence-corrected chi connectivity index (χ3v) is 4.82. The van der Waals surface area contributed by atoms with Crippen LogP contribution in [-0.4, -0.2) is 34.2 Å². The third kappa shape index (κ3) is 5.30. The van der Waals surface area contributed by atoms with Crippen molar-refractivity contribution in [2.45, 2.75) is 84.3 Å². The summed E-state index contributed by atoms with van der Waals surface area (Å²) in [5.41, 5.74) is -0.598. The quantitative estimate of drug-likeness (QED) is 0.689. The molecule has 146 valence electrons. The molecule has 2 rings (SSSR count). The minimum atomic E-state index is -1.18. The number of hydrogen-bond acceptors (Lipinski definition) is 5. The lowest BCUT2D eigenvalue weighted by Crippen LogP contribution is -2.50. The van der Waals surface area contributed by atoms with Gasteiger partial charge in [-0.2, -0.15) is 0 Å². The Morgan fingerprint density at radius 3 is 2.54 bits per heavy atom. The van der Waals surface area contributed by atoms with Crippen molar-refractivity contribution < 1.29 is 19.2 Å². The standard InChI is InChI=1S/C19H31N3O4/c1-5-8-13(20-18(25)16(23)19(2,3)4)17(24)21-15-11-14(26-22-15)12-9-6-7-10-12/h11-13,16,23H,5-10H2,1-4H3,(H,20,25)(H,21,22,24). The molecular weight excluding hydrogens is 334 g/mol. The number of aliphatic hydroxyl groups excluding tert-OH is 1. The van der Waals surface area contributed by atoms with Crippen molar-refractivity contribution in [1.82, 2.24) is 10.5 Å². The summed E-state index contributed by atoms with van der Waals surface area (Å²) in [6, 6.07) is 1.04. The highest BCUT2D eigenvalue weighted by molar-refractivity contribution is 5.97. The Morgan fingerprint density at radius 2 is 1.96 bits per heavy atom. The average Bonchev–Trinajstić information content (AvgIpc) is 3.23. The van der Waals surface area contributed by atoms with Gasteiger partial charge in [-0.05, 0) is 24.7 Å². The van der Waals surface area contributed by atoms with E-state index in [1.165, 1.54) is 12.8 Å². The second kappa shape index (κ2) is 8.66. The smallest absolute Gasteiger partial charge is 0.250 e. The van der Waals surface area contributed by atoms with Crippen molar-refractivity contribution in [3.05, 3.63) is 11.8 Å². The van der Waals surface area contributed by atoms with Crippen LogP contribution in [0.3, 0.4) is 0 Å². The van der Waals surface area contributed by atoms with E-state index in [9.17, 15) is 14.7 Å². The van der Waals surface area contributed by atoms with Crippen LogP contribution in [0.25, 0.3) is 0 Å². The number of aliphatic hydroxyl groups is 1. The van der Waals surface area contributed by atoms with Gasteiger partial charge in [0.05, 0.1) is 0 Å². The fourth-order valence-corrected chi connectivity index (χ4v) is 3.17. The fraction of sp³-hybridized carbons (Fsp3) is 0.737. The lowest BCUT2D eigenvalue weighted by Gasteiger charge is -2.26. The maximum atomic E-state index is 12.6. The summed E-state index contributed by atoms with van der Waals surface area (Å²) < 4.78 is 5.36. The second-order valence-corrected chi connectivity index (χ2v) is 8.20. The third-order valence-electron chi connectivity index (χ3n) is 4.82. The topological polar surface area (TPSA) is 104 Å². The van der Waals surface area contributed by atoms with Gasteiger partial charge in [0, 0.05) is 12.0 Å². The lowest BCUT2D eigenvalue weighted by atomic mass is 9.88. The van der Waals surface area contributed by atoms with Crippen LogP contribution in [0.5, 0.6) is 0 Å². The Hall–Kier alpha value is -1.89. The van der Waals surface area contributed by atoms with Gasteiger partial charge in [0.25, 0.3) is 0 Å². The summed E-state index contributed by atoms with van der Waals surface area (Å²) in [6.45, 7) is 7.24. The van der Waals surface area contributed by atoms with Crippen molar-refractivity contribution in [3.63, 3.8) is 0 Å². The largest absolute Gasteiger partial charge is 0.383 e. The van der Waals surface area contributed by atoms with Crippen molar-refractivity contribution in [1.29, 1.82) is 0 Å². The highest BCUT2D eigenvalue weighted by atomic mass is 16.5. The van der Waals surface area contributed by atoms with Gasteiger partial charge >= 0.3 is 0 Å². The SMILES string of the molecule is CCCC(NC(=O)C(O)C(C)(C)C)C(=O)Nc1cc(C2CCCC2)on1. The van der Waals surface area contributed by atoms with Crippen LogP contribution >= 0.6 is 0 Å². The molecule has 7 heteroatoms. The van der Waals surface area contributed by atoms with Crippen molar-refractivity contribution >= 4 is 17.6 Å². The van der Waals surface area contributed by atoms with E-state index in [0.717, 1.165) is 25.0 Å². The molecule has 0 spiro atoms. The zero-order valence-electron chi connectivity index (χ0n) is 16.2. The summed E-state index contributed by atoms with van der Waals surface area (Å²) in [6.07, 6.45) is 4.55. The predicted octanol–water partition coefficient (Wildman–Crippen LogP) is 2.96. The molecule has 1 aromatic heterocycles. The molecular formula is C19H31N3O4. The van der Waals surface area contributed by atoms with Crippen molar-refractivity contribution in [2.75, 3.05) is 5.32 Å². The molecule has 1 aromatic rings. The zero-order valence-corrected chi connectivity index (χ0v) is 16.2. The highest BCUT2D eigenvalue weighted by Gasteiger charge is 2.32. The molecule has 1 saturated carbocycles. The number of nitrogens with one attached hydrogen (secondary N) is 2. The minimum absolute atomic E-state index is 0.354. The highest BCUT2D eigenvalue weighted by Crippen LogP contribution is 2.34. The number of hydrogen-bond donors (Lipinski definition) is 3. The fourth-order valence-electron chi connectivity index (χ4n) is 3.17.